The normalized spacial score (nSPS) is 20.2. The minimum Gasteiger partial charge on any atom is -0.508 e. The molecular formula is C13H12O2. The Kier molecular flexibility index (Phi) is 2.44. The van der Waals surface area contributed by atoms with Gasteiger partial charge in [0.05, 0.1) is 6.10 Å². The smallest absolute Gasteiger partial charge is 0.115 e. The van der Waals surface area contributed by atoms with Crippen LogP contribution in [0.3, 0.4) is 0 Å². The fourth-order valence-corrected chi connectivity index (χ4v) is 1.49. The van der Waals surface area contributed by atoms with E-state index in [9.17, 15) is 5.11 Å². The van der Waals surface area contributed by atoms with Gasteiger partial charge in [0.15, 0.2) is 0 Å². The standard InChI is InChI=1S/C13H12O2/c1-9-8-11(4-7-13(9)15)10-2-5-12(14)6-3-10/h2-8,13-15H,1H2. The van der Waals surface area contributed by atoms with Gasteiger partial charge in [-0.3, -0.25) is 0 Å². The summed E-state index contributed by atoms with van der Waals surface area (Å²) < 4.78 is 0. The lowest BCUT2D eigenvalue weighted by Gasteiger charge is -2.13. The summed E-state index contributed by atoms with van der Waals surface area (Å²) in [5.41, 5.74) is 2.67. The number of benzene rings is 1. The number of phenols is 1. The Morgan fingerprint density at radius 2 is 1.80 bits per heavy atom. The molecule has 0 saturated heterocycles. The summed E-state index contributed by atoms with van der Waals surface area (Å²) in [6.45, 7) is 3.76. The number of aromatic hydroxyl groups is 1. The van der Waals surface area contributed by atoms with Crippen LogP contribution in [0.1, 0.15) is 5.56 Å². The molecule has 2 N–H and O–H groups in total. The van der Waals surface area contributed by atoms with Gasteiger partial charge in [0.2, 0.25) is 0 Å². The topological polar surface area (TPSA) is 40.5 Å². The molecular weight excluding hydrogens is 188 g/mol. The quantitative estimate of drug-likeness (QED) is 0.730. The van der Waals surface area contributed by atoms with Crippen molar-refractivity contribution in [3.63, 3.8) is 0 Å². The summed E-state index contributed by atoms with van der Waals surface area (Å²) in [6, 6.07) is 6.93. The first-order valence-electron chi connectivity index (χ1n) is 4.73. The molecule has 0 aliphatic heterocycles. The molecule has 0 heterocycles. The minimum atomic E-state index is -0.578. The molecule has 1 unspecified atom stereocenters. The number of hydrogen-bond donors (Lipinski definition) is 2. The molecule has 1 aromatic carbocycles. The maximum atomic E-state index is 9.42. The second-order valence-corrected chi connectivity index (χ2v) is 3.53. The molecule has 15 heavy (non-hydrogen) atoms. The number of aliphatic hydroxyl groups excluding tert-OH is 1. The number of aliphatic hydroxyl groups is 1. The molecule has 0 radical (unpaired) electrons. The lowest BCUT2D eigenvalue weighted by atomic mass is 9.96. The van der Waals surface area contributed by atoms with E-state index in [1.807, 2.05) is 24.3 Å². The van der Waals surface area contributed by atoms with Gasteiger partial charge < -0.3 is 10.2 Å². The first-order chi connectivity index (χ1) is 7.16. The lowest BCUT2D eigenvalue weighted by molar-refractivity contribution is 0.263. The summed E-state index contributed by atoms with van der Waals surface area (Å²) >= 11 is 0. The Bertz CT molecular complexity index is 438. The van der Waals surface area contributed by atoms with E-state index in [0.29, 0.717) is 5.57 Å². The van der Waals surface area contributed by atoms with Gasteiger partial charge in [-0.05, 0) is 34.9 Å². The third-order valence-corrected chi connectivity index (χ3v) is 2.38. The highest BCUT2D eigenvalue weighted by atomic mass is 16.3. The Morgan fingerprint density at radius 3 is 2.40 bits per heavy atom. The fourth-order valence-electron chi connectivity index (χ4n) is 1.49. The summed E-state index contributed by atoms with van der Waals surface area (Å²) in [4.78, 5) is 0. The molecule has 2 nitrogen and oxygen atoms in total. The van der Waals surface area contributed by atoms with E-state index in [0.717, 1.165) is 11.1 Å². The summed E-state index contributed by atoms with van der Waals surface area (Å²) in [7, 11) is 0. The highest BCUT2D eigenvalue weighted by molar-refractivity contribution is 5.78. The van der Waals surface area contributed by atoms with Gasteiger partial charge in [0.1, 0.15) is 5.75 Å². The van der Waals surface area contributed by atoms with E-state index in [4.69, 9.17) is 5.11 Å². The number of allylic oxidation sites excluding steroid dienone is 2. The molecule has 76 valence electrons. The molecule has 1 atom stereocenters. The van der Waals surface area contributed by atoms with Crippen molar-refractivity contribution >= 4 is 5.57 Å². The van der Waals surface area contributed by atoms with Crippen LogP contribution in [-0.4, -0.2) is 16.3 Å². The molecule has 0 spiro atoms. The predicted octanol–water partition coefficient (Wildman–Crippen LogP) is 2.26. The molecule has 2 heteroatoms. The van der Waals surface area contributed by atoms with Crippen molar-refractivity contribution in [2.45, 2.75) is 6.10 Å². The molecule has 2 rings (SSSR count). The Hall–Kier alpha value is -1.80. The monoisotopic (exact) mass is 200 g/mol. The largest absolute Gasteiger partial charge is 0.508 e. The van der Waals surface area contributed by atoms with Crippen molar-refractivity contribution in [2.24, 2.45) is 0 Å². The van der Waals surface area contributed by atoms with Gasteiger partial charge in [-0.2, -0.15) is 0 Å². The lowest BCUT2D eigenvalue weighted by Crippen LogP contribution is -2.07. The van der Waals surface area contributed by atoms with Gasteiger partial charge in [-0.15, -0.1) is 0 Å². The van der Waals surface area contributed by atoms with Gasteiger partial charge in [0, 0.05) is 0 Å². The van der Waals surface area contributed by atoms with E-state index in [1.165, 1.54) is 0 Å². The van der Waals surface area contributed by atoms with E-state index in [1.54, 1.807) is 18.2 Å². The van der Waals surface area contributed by atoms with Gasteiger partial charge in [0.25, 0.3) is 0 Å². The highest BCUT2D eigenvalue weighted by Crippen LogP contribution is 2.24. The molecule has 0 aromatic heterocycles. The zero-order valence-electron chi connectivity index (χ0n) is 8.22. The molecule has 1 aliphatic rings. The molecule has 0 fully saturated rings. The minimum absolute atomic E-state index is 0.248. The summed E-state index contributed by atoms with van der Waals surface area (Å²) in [6.07, 6.45) is 4.82. The molecule has 0 saturated carbocycles. The van der Waals surface area contributed by atoms with Crippen LogP contribution < -0.4 is 0 Å². The SMILES string of the molecule is C=C1C=C(c2ccc(O)cc2)C=CC1O. The average molecular weight is 200 g/mol. The second kappa shape index (κ2) is 3.75. The summed E-state index contributed by atoms with van der Waals surface area (Å²) in [5.74, 6) is 0.248. The Balaban J connectivity index is 2.33. The first kappa shape index (κ1) is 9.74. The fraction of sp³-hybridized carbons (Fsp3) is 0.0769. The van der Waals surface area contributed by atoms with Crippen molar-refractivity contribution in [1.29, 1.82) is 0 Å². The maximum Gasteiger partial charge on any atom is 0.115 e. The second-order valence-electron chi connectivity index (χ2n) is 3.53. The van der Waals surface area contributed by atoms with Crippen molar-refractivity contribution in [2.75, 3.05) is 0 Å². The highest BCUT2D eigenvalue weighted by Gasteiger charge is 2.09. The average Bonchev–Trinajstić information content (AvgIpc) is 2.23. The van der Waals surface area contributed by atoms with Crippen molar-refractivity contribution in [3.05, 3.63) is 60.2 Å². The summed E-state index contributed by atoms with van der Waals surface area (Å²) in [5, 5.41) is 18.6. The van der Waals surface area contributed by atoms with Crippen molar-refractivity contribution in [1.82, 2.24) is 0 Å². The van der Waals surface area contributed by atoms with Crippen LogP contribution in [-0.2, 0) is 0 Å². The molecule has 1 aromatic rings. The number of hydrogen-bond acceptors (Lipinski definition) is 2. The van der Waals surface area contributed by atoms with E-state index in [2.05, 4.69) is 6.58 Å². The zero-order chi connectivity index (χ0) is 10.8. The van der Waals surface area contributed by atoms with Gasteiger partial charge in [-0.1, -0.05) is 30.9 Å². The Labute approximate surface area is 88.5 Å². The van der Waals surface area contributed by atoms with E-state index >= 15 is 0 Å². The van der Waals surface area contributed by atoms with Crippen LogP contribution in [0, 0.1) is 0 Å². The van der Waals surface area contributed by atoms with E-state index in [-0.39, 0.29) is 5.75 Å². The Morgan fingerprint density at radius 1 is 1.13 bits per heavy atom. The maximum absolute atomic E-state index is 9.42. The van der Waals surface area contributed by atoms with Crippen LogP contribution in [0.2, 0.25) is 0 Å². The van der Waals surface area contributed by atoms with Crippen molar-refractivity contribution in [3.8, 4) is 5.75 Å². The number of rotatable bonds is 1. The molecule has 1 aliphatic carbocycles. The molecule has 0 bridgehead atoms. The van der Waals surface area contributed by atoms with Gasteiger partial charge in [-0.25, -0.2) is 0 Å². The zero-order valence-corrected chi connectivity index (χ0v) is 8.22. The van der Waals surface area contributed by atoms with E-state index < -0.39 is 6.10 Å². The first-order valence-corrected chi connectivity index (χ1v) is 4.73. The van der Waals surface area contributed by atoms with Crippen molar-refractivity contribution < 1.29 is 10.2 Å². The van der Waals surface area contributed by atoms with Crippen LogP contribution in [0.5, 0.6) is 5.75 Å². The van der Waals surface area contributed by atoms with Gasteiger partial charge >= 0.3 is 0 Å². The third kappa shape index (κ3) is 2.00. The van der Waals surface area contributed by atoms with Crippen LogP contribution in [0.25, 0.3) is 5.57 Å². The molecule has 0 amide bonds. The predicted molar refractivity (Wildman–Crippen MR) is 60.4 cm³/mol. The third-order valence-electron chi connectivity index (χ3n) is 2.38. The van der Waals surface area contributed by atoms with Crippen LogP contribution in [0.15, 0.2) is 54.6 Å². The number of phenolic OH excluding ortho intramolecular Hbond substituents is 1. The van der Waals surface area contributed by atoms with Crippen LogP contribution in [0.4, 0.5) is 0 Å². The van der Waals surface area contributed by atoms with Crippen LogP contribution >= 0.6 is 0 Å².